The standard InChI is InChI=1S/C29H26O5/c30-25-16-13-22(14-17-25)20-33-29(31)18-15-24-8-4-5-12-28(24)32-21-23-7-6-11-27(19-23)34-26-9-2-1-3-10-26/h1-14,16-17,19,30H,15,18,20-21H2. The largest absolute Gasteiger partial charge is 0.508 e. The molecule has 34 heavy (non-hydrogen) atoms. The molecule has 0 fully saturated rings. The summed E-state index contributed by atoms with van der Waals surface area (Å²) in [7, 11) is 0. The molecule has 1 N–H and O–H groups in total. The van der Waals surface area contributed by atoms with Gasteiger partial charge in [-0.1, -0.05) is 60.7 Å². The lowest BCUT2D eigenvalue weighted by molar-refractivity contribution is -0.144. The Balaban J connectivity index is 1.30. The number of aryl methyl sites for hydroxylation is 1. The van der Waals surface area contributed by atoms with Crippen LogP contribution in [0.15, 0.2) is 103 Å². The van der Waals surface area contributed by atoms with Crippen molar-refractivity contribution >= 4 is 5.97 Å². The van der Waals surface area contributed by atoms with Crippen molar-refractivity contribution in [1.29, 1.82) is 0 Å². The SMILES string of the molecule is O=C(CCc1ccccc1OCc1cccc(Oc2ccccc2)c1)OCc1ccc(O)cc1. The zero-order valence-corrected chi connectivity index (χ0v) is 18.7. The van der Waals surface area contributed by atoms with Gasteiger partial charge in [0.1, 0.15) is 36.2 Å². The molecule has 4 rings (SSSR count). The van der Waals surface area contributed by atoms with E-state index < -0.39 is 0 Å². The monoisotopic (exact) mass is 454 g/mol. The van der Waals surface area contributed by atoms with Gasteiger partial charge in [-0.25, -0.2) is 0 Å². The first-order chi connectivity index (χ1) is 16.7. The number of aromatic hydroxyl groups is 1. The van der Waals surface area contributed by atoms with Crippen LogP contribution in [0.25, 0.3) is 0 Å². The van der Waals surface area contributed by atoms with Crippen LogP contribution in [0, 0.1) is 0 Å². The Hall–Kier alpha value is -4.25. The minimum atomic E-state index is -0.284. The highest BCUT2D eigenvalue weighted by atomic mass is 16.5. The Bertz CT molecular complexity index is 1200. The van der Waals surface area contributed by atoms with Crippen molar-refractivity contribution in [3.05, 3.63) is 120 Å². The zero-order valence-electron chi connectivity index (χ0n) is 18.7. The number of hydrogen-bond donors (Lipinski definition) is 1. The van der Waals surface area contributed by atoms with E-state index in [9.17, 15) is 9.90 Å². The summed E-state index contributed by atoms with van der Waals surface area (Å²) >= 11 is 0. The van der Waals surface area contributed by atoms with Gasteiger partial charge in [0.05, 0.1) is 0 Å². The number of esters is 1. The molecule has 0 bridgehead atoms. The molecule has 0 heterocycles. The molecular weight excluding hydrogens is 428 g/mol. The van der Waals surface area contributed by atoms with Crippen LogP contribution in [0.4, 0.5) is 0 Å². The minimum absolute atomic E-state index is 0.179. The van der Waals surface area contributed by atoms with Gasteiger partial charge < -0.3 is 19.3 Å². The summed E-state index contributed by atoms with van der Waals surface area (Å²) in [6.07, 6.45) is 0.764. The molecule has 4 aromatic rings. The Morgan fingerprint density at radius 1 is 0.706 bits per heavy atom. The second-order valence-electron chi connectivity index (χ2n) is 7.79. The van der Waals surface area contributed by atoms with Crippen LogP contribution in [0.2, 0.25) is 0 Å². The van der Waals surface area contributed by atoms with Crippen molar-refractivity contribution in [2.24, 2.45) is 0 Å². The Kier molecular flexibility index (Phi) is 7.80. The maximum absolute atomic E-state index is 12.2. The average Bonchev–Trinajstić information content (AvgIpc) is 2.87. The number of benzene rings is 4. The molecular formula is C29H26O5. The Morgan fingerprint density at radius 3 is 2.26 bits per heavy atom. The van der Waals surface area contributed by atoms with Crippen LogP contribution in [0.5, 0.6) is 23.0 Å². The van der Waals surface area contributed by atoms with Crippen LogP contribution in [0.1, 0.15) is 23.1 Å². The van der Waals surface area contributed by atoms with E-state index in [-0.39, 0.29) is 24.7 Å². The maximum atomic E-state index is 12.2. The van der Waals surface area contributed by atoms with Gasteiger partial charge in [-0.15, -0.1) is 0 Å². The van der Waals surface area contributed by atoms with Crippen LogP contribution < -0.4 is 9.47 Å². The van der Waals surface area contributed by atoms with Gasteiger partial charge >= 0.3 is 5.97 Å². The van der Waals surface area contributed by atoms with E-state index in [0.29, 0.717) is 13.0 Å². The number of para-hydroxylation sites is 2. The molecule has 5 heteroatoms. The summed E-state index contributed by atoms with van der Waals surface area (Å²) in [6, 6.07) is 31.7. The number of ether oxygens (including phenoxy) is 3. The fraction of sp³-hybridized carbons (Fsp3) is 0.138. The fourth-order valence-corrected chi connectivity index (χ4v) is 3.40. The van der Waals surface area contributed by atoms with Crippen molar-refractivity contribution in [1.82, 2.24) is 0 Å². The van der Waals surface area contributed by atoms with Gasteiger partial charge in [0.25, 0.3) is 0 Å². The predicted molar refractivity (Wildman–Crippen MR) is 130 cm³/mol. The smallest absolute Gasteiger partial charge is 0.306 e. The second-order valence-corrected chi connectivity index (χ2v) is 7.79. The highest BCUT2D eigenvalue weighted by Crippen LogP contribution is 2.24. The van der Waals surface area contributed by atoms with E-state index in [2.05, 4.69) is 0 Å². The van der Waals surface area contributed by atoms with Gasteiger partial charge in [-0.2, -0.15) is 0 Å². The predicted octanol–water partition coefficient (Wildman–Crippen LogP) is 6.44. The first-order valence-corrected chi connectivity index (χ1v) is 11.1. The first kappa shape index (κ1) is 22.9. The van der Waals surface area contributed by atoms with E-state index in [4.69, 9.17) is 14.2 Å². The topological polar surface area (TPSA) is 65.0 Å². The molecule has 0 aliphatic heterocycles. The number of carbonyl (C=O) groups excluding carboxylic acids is 1. The third kappa shape index (κ3) is 6.87. The molecule has 5 nitrogen and oxygen atoms in total. The number of rotatable bonds is 10. The number of hydrogen-bond acceptors (Lipinski definition) is 5. The molecule has 0 unspecified atom stereocenters. The molecule has 0 saturated carbocycles. The van der Waals surface area contributed by atoms with Gasteiger partial charge in [-0.3, -0.25) is 4.79 Å². The van der Waals surface area contributed by atoms with Gasteiger partial charge in [0.15, 0.2) is 0 Å². The van der Waals surface area contributed by atoms with Crippen molar-refractivity contribution in [3.63, 3.8) is 0 Å². The van der Waals surface area contributed by atoms with Crippen LogP contribution in [0.3, 0.4) is 0 Å². The molecule has 0 radical (unpaired) electrons. The molecule has 4 aromatic carbocycles. The van der Waals surface area contributed by atoms with E-state index >= 15 is 0 Å². The summed E-state index contributed by atoms with van der Waals surface area (Å²) in [4.78, 5) is 12.2. The van der Waals surface area contributed by atoms with Gasteiger partial charge in [0, 0.05) is 6.42 Å². The number of phenols is 1. The molecule has 0 atom stereocenters. The van der Waals surface area contributed by atoms with Crippen LogP contribution in [-0.2, 0) is 29.2 Å². The van der Waals surface area contributed by atoms with E-state index in [0.717, 1.165) is 33.9 Å². The summed E-state index contributed by atoms with van der Waals surface area (Å²) in [5.41, 5.74) is 2.76. The lowest BCUT2D eigenvalue weighted by Gasteiger charge is -2.12. The average molecular weight is 455 g/mol. The summed E-state index contributed by atoms with van der Waals surface area (Å²) < 4.78 is 17.3. The van der Waals surface area contributed by atoms with E-state index in [1.165, 1.54) is 0 Å². The van der Waals surface area contributed by atoms with E-state index in [1.807, 2.05) is 78.9 Å². The van der Waals surface area contributed by atoms with Crippen molar-refractivity contribution in [2.75, 3.05) is 0 Å². The first-order valence-electron chi connectivity index (χ1n) is 11.1. The summed E-state index contributed by atoms with van der Waals surface area (Å²) in [5, 5.41) is 9.33. The lowest BCUT2D eigenvalue weighted by Crippen LogP contribution is -2.07. The molecule has 172 valence electrons. The number of phenolic OH excluding ortho intramolecular Hbond substituents is 1. The van der Waals surface area contributed by atoms with Crippen molar-refractivity contribution in [3.8, 4) is 23.0 Å². The highest BCUT2D eigenvalue weighted by molar-refractivity contribution is 5.70. The van der Waals surface area contributed by atoms with Gasteiger partial charge in [-0.05, 0) is 65.6 Å². The normalized spacial score (nSPS) is 10.5. The molecule has 0 aliphatic carbocycles. The Morgan fingerprint density at radius 2 is 1.44 bits per heavy atom. The van der Waals surface area contributed by atoms with Crippen LogP contribution in [-0.4, -0.2) is 11.1 Å². The molecule has 0 amide bonds. The summed E-state index contributed by atoms with van der Waals surface area (Å²) in [6.45, 7) is 0.562. The Labute approximate surface area is 199 Å². The van der Waals surface area contributed by atoms with Crippen molar-refractivity contribution < 1.29 is 24.1 Å². The molecule has 0 spiro atoms. The molecule has 0 aliphatic rings. The molecule has 0 aromatic heterocycles. The lowest BCUT2D eigenvalue weighted by atomic mass is 10.1. The quantitative estimate of drug-likeness (QED) is 0.279. The van der Waals surface area contributed by atoms with Gasteiger partial charge in [0.2, 0.25) is 0 Å². The summed E-state index contributed by atoms with van der Waals surface area (Å²) in [5.74, 6) is 2.17. The van der Waals surface area contributed by atoms with Crippen molar-refractivity contribution in [2.45, 2.75) is 26.1 Å². The fourth-order valence-electron chi connectivity index (χ4n) is 3.40. The minimum Gasteiger partial charge on any atom is -0.508 e. The third-order valence-electron chi connectivity index (χ3n) is 5.18. The number of carbonyl (C=O) groups is 1. The third-order valence-corrected chi connectivity index (χ3v) is 5.18. The maximum Gasteiger partial charge on any atom is 0.306 e. The highest BCUT2D eigenvalue weighted by Gasteiger charge is 2.09. The van der Waals surface area contributed by atoms with Crippen LogP contribution >= 0.6 is 0 Å². The zero-order chi connectivity index (χ0) is 23.6. The second kappa shape index (κ2) is 11.6. The molecule has 0 saturated heterocycles. The van der Waals surface area contributed by atoms with E-state index in [1.54, 1.807) is 24.3 Å².